The van der Waals surface area contributed by atoms with E-state index in [0.717, 1.165) is 17.7 Å². The number of halogens is 3. The number of nitrogens with two attached hydrogens (primary N) is 1. The molecule has 0 bridgehead atoms. The minimum atomic E-state index is -0.994. The van der Waals surface area contributed by atoms with Gasteiger partial charge in [-0.15, -0.1) is 0 Å². The van der Waals surface area contributed by atoms with Crippen LogP contribution in [0.5, 0.6) is 0 Å². The molecule has 116 valence electrons. The Hall–Kier alpha value is -1.98. The van der Waals surface area contributed by atoms with Crippen LogP contribution in [-0.4, -0.2) is 12.5 Å². The lowest BCUT2D eigenvalue weighted by molar-refractivity contribution is -0.682. The Bertz CT molecular complexity index is 679. The van der Waals surface area contributed by atoms with E-state index in [1.54, 1.807) is 6.07 Å². The Balaban J connectivity index is 1.90. The first kappa shape index (κ1) is 16.4. The zero-order valence-corrected chi connectivity index (χ0v) is 12.7. The van der Waals surface area contributed by atoms with Crippen molar-refractivity contribution in [1.82, 2.24) is 0 Å². The van der Waals surface area contributed by atoms with Crippen LogP contribution in [0, 0.1) is 11.6 Å². The SMILES string of the molecule is C[C@H]([NH2+]CC(=O)Nc1ccc(F)c(F)c1)c1ccccc1Cl. The van der Waals surface area contributed by atoms with Crippen molar-refractivity contribution in [2.24, 2.45) is 0 Å². The summed E-state index contributed by atoms with van der Waals surface area (Å²) >= 11 is 6.10. The third kappa shape index (κ3) is 4.26. The van der Waals surface area contributed by atoms with Crippen molar-refractivity contribution in [2.45, 2.75) is 13.0 Å². The average Bonchev–Trinajstić information content (AvgIpc) is 2.49. The third-order valence-corrected chi connectivity index (χ3v) is 3.60. The summed E-state index contributed by atoms with van der Waals surface area (Å²) in [4.78, 5) is 11.8. The Labute approximate surface area is 132 Å². The molecule has 0 saturated carbocycles. The number of quaternary nitrogens is 1. The Morgan fingerprint density at radius 3 is 2.64 bits per heavy atom. The molecule has 2 aromatic rings. The number of carbonyl (C=O) groups is 1. The van der Waals surface area contributed by atoms with Crippen LogP contribution in [0.1, 0.15) is 18.5 Å². The molecule has 22 heavy (non-hydrogen) atoms. The molecule has 2 rings (SSSR count). The summed E-state index contributed by atoms with van der Waals surface area (Å²) in [5.41, 5.74) is 1.16. The molecule has 0 aromatic heterocycles. The first-order valence-electron chi connectivity index (χ1n) is 6.80. The molecule has 3 N–H and O–H groups in total. The Morgan fingerprint density at radius 2 is 1.95 bits per heavy atom. The molecule has 0 fully saturated rings. The van der Waals surface area contributed by atoms with E-state index in [1.807, 2.05) is 30.4 Å². The predicted octanol–water partition coefficient (Wildman–Crippen LogP) is 2.88. The summed E-state index contributed by atoms with van der Waals surface area (Å²) in [6.45, 7) is 2.08. The van der Waals surface area contributed by atoms with Crippen molar-refractivity contribution in [3.8, 4) is 0 Å². The van der Waals surface area contributed by atoms with E-state index < -0.39 is 11.6 Å². The normalized spacial score (nSPS) is 12.0. The van der Waals surface area contributed by atoms with Crippen molar-refractivity contribution < 1.29 is 18.9 Å². The van der Waals surface area contributed by atoms with Gasteiger partial charge in [0, 0.05) is 22.3 Å². The van der Waals surface area contributed by atoms with Gasteiger partial charge in [-0.1, -0.05) is 29.8 Å². The van der Waals surface area contributed by atoms with Crippen LogP contribution in [-0.2, 0) is 4.79 Å². The summed E-state index contributed by atoms with van der Waals surface area (Å²) in [6, 6.07) is 10.7. The number of carbonyl (C=O) groups excluding carboxylic acids is 1. The van der Waals surface area contributed by atoms with Crippen LogP contribution in [0.15, 0.2) is 42.5 Å². The number of amides is 1. The zero-order chi connectivity index (χ0) is 16.1. The molecule has 0 aliphatic carbocycles. The van der Waals surface area contributed by atoms with Crippen molar-refractivity contribution in [3.05, 3.63) is 64.7 Å². The maximum Gasteiger partial charge on any atom is 0.279 e. The highest BCUT2D eigenvalue weighted by Crippen LogP contribution is 2.19. The Kier molecular flexibility index (Phi) is 5.46. The van der Waals surface area contributed by atoms with Crippen molar-refractivity contribution in [2.75, 3.05) is 11.9 Å². The molecule has 0 spiro atoms. The van der Waals surface area contributed by atoms with Crippen LogP contribution in [0.25, 0.3) is 0 Å². The van der Waals surface area contributed by atoms with Gasteiger partial charge in [0.1, 0.15) is 6.04 Å². The summed E-state index contributed by atoms with van der Waals surface area (Å²) in [5, 5.41) is 4.98. The summed E-state index contributed by atoms with van der Waals surface area (Å²) in [5.74, 6) is -2.24. The van der Waals surface area contributed by atoms with E-state index in [0.29, 0.717) is 5.02 Å². The summed E-state index contributed by atoms with van der Waals surface area (Å²) < 4.78 is 25.9. The molecule has 0 aliphatic rings. The maximum absolute atomic E-state index is 13.1. The van der Waals surface area contributed by atoms with Gasteiger partial charge in [0.15, 0.2) is 18.2 Å². The standard InChI is InChI=1S/C16H15ClF2N2O/c1-10(12-4-2-3-5-13(12)17)20-9-16(22)21-11-6-7-14(18)15(19)8-11/h2-8,10,20H,9H2,1H3,(H,21,22)/p+1/t10-/m0/s1. The fourth-order valence-corrected chi connectivity index (χ4v) is 2.35. The van der Waals surface area contributed by atoms with Gasteiger partial charge >= 0.3 is 0 Å². The van der Waals surface area contributed by atoms with E-state index in [1.165, 1.54) is 6.07 Å². The van der Waals surface area contributed by atoms with E-state index in [4.69, 9.17) is 11.6 Å². The highest BCUT2D eigenvalue weighted by Gasteiger charge is 2.14. The smallest absolute Gasteiger partial charge is 0.279 e. The van der Waals surface area contributed by atoms with Gasteiger partial charge in [0.05, 0.1) is 0 Å². The summed E-state index contributed by atoms with van der Waals surface area (Å²) in [6.07, 6.45) is 0. The summed E-state index contributed by atoms with van der Waals surface area (Å²) in [7, 11) is 0. The first-order chi connectivity index (χ1) is 10.5. The molecule has 3 nitrogen and oxygen atoms in total. The van der Waals surface area contributed by atoms with Crippen LogP contribution in [0.3, 0.4) is 0 Å². The lowest BCUT2D eigenvalue weighted by Gasteiger charge is -2.12. The molecule has 0 aliphatic heterocycles. The van der Waals surface area contributed by atoms with Crippen LogP contribution in [0.4, 0.5) is 14.5 Å². The van der Waals surface area contributed by atoms with E-state index in [-0.39, 0.29) is 24.2 Å². The number of benzene rings is 2. The molecular formula is C16H16ClF2N2O+. The average molecular weight is 326 g/mol. The molecular weight excluding hydrogens is 310 g/mol. The van der Waals surface area contributed by atoms with Gasteiger partial charge in [-0.05, 0) is 25.1 Å². The van der Waals surface area contributed by atoms with E-state index in [9.17, 15) is 13.6 Å². The topological polar surface area (TPSA) is 45.7 Å². The molecule has 1 amide bonds. The first-order valence-corrected chi connectivity index (χ1v) is 7.18. The zero-order valence-electron chi connectivity index (χ0n) is 11.9. The molecule has 0 radical (unpaired) electrons. The van der Waals surface area contributed by atoms with Gasteiger partial charge in [-0.25, -0.2) is 8.78 Å². The van der Waals surface area contributed by atoms with Gasteiger partial charge in [-0.3, -0.25) is 4.79 Å². The number of hydrogen-bond acceptors (Lipinski definition) is 1. The number of nitrogens with one attached hydrogen (secondary N) is 1. The van der Waals surface area contributed by atoms with Crippen LogP contribution in [0.2, 0.25) is 5.02 Å². The molecule has 0 saturated heterocycles. The quantitative estimate of drug-likeness (QED) is 0.872. The van der Waals surface area contributed by atoms with Gasteiger partial charge in [-0.2, -0.15) is 0 Å². The van der Waals surface area contributed by atoms with Gasteiger partial charge < -0.3 is 10.6 Å². The lowest BCUT2D eigenvalue weighted by Crippen LogP contribution is -2.86. The minimum absolute atomic E-state index is 0.00408. The largest absolute Gasteiger partial charge is 0.332 e. The third-order valence-electron chi connectivity index (χ3n) is 3.26. The molecule has 0 heterocycles. The fourth-order valence-electron chi connectivity index (χ4n) is 2.04. The second-order valence-corrected chi connectivity index (χ2v) is 5.33. The van der Waals surface area contributed by atoms with Crippen LogP contribution < -0.4 is 10.6 Å². The minimum Gasteiger partial charge on any atom is -0.332 e. The van der Waals surface area contributed by atoms with Crippen molar-refractivity contribution in [1.29, 1.82) is 0 Å². The maximum atomic E-state index is 13.1. The molecule has 0 unspecified atom stereocenters. The predicted molar refractivity (Wildman–Crippen MR) is 81.6 cm³/mol. The number of rotatable bonds is 5. The molecule has 2 aromatic carbocycles. The van der Waals surface area contributed by atoms with Gasteiger partial charge in [0.25, 0.3) is 5.91 Å². The lowest BCUT2D eigenvalue weighted by atomic mass is 10.1. The second-order valence-electron chi connectivity index (χ2n) is 4.93. The second kappa shape index (κ2) is 7.33. The number of hydrogen-bond donors (Lipinski definition) is 2. The monoisotopic (exact) mass is 325 g/mol. The Morgan fingerprint density at radius 1 is 1.23 bits per heavy atom. The highest BCUT2D eigenvalue weighted by atomic mass is 35.5. The van der Waals surface area contributed by atoms with Crippen molar-refractivity contribution >= 4 is 23.2 Å². The molecule has 6 heteroatoms. The highest BCUT2D eigenvalue weighted by molar-refractivity contribution is 6.31. The fraction of sp³-hybridized carbons (Fsp3) is 0.188. The van der Waals surface area contributed by atoms with E-state index in [2.05, 4.69) is 5.32 Å². The van der Waals surface area contributed by atoms with Gasteiger partial charge in [0.2, 0.25) is 0 Å². The molecule has 1 atom stereocenters. The van der Waals surface area contributed by atoms with E-state index >= 15 is 0 Å². The number of anilines is 1. The van der Waals surface area contributed by atoms with Crippen molar-refractivity contribution in [3.63, 3.8) is 0 Å². The van der Waals surface area contributed by atoms with Crippen LogP contribution >= 0.6 is 11.6 Å².